The van der Waals surface area contributed by atoms with Crippen LogP contribution in [-0.4, -0.2) is 18.1 Å². The Balaban J connectivity index is 3.16. The summed E-state index contributed by atoms with van der Waals surface area (Å²) in [6.45, 7) is 3.51. The van der Waals surface area contributed by atoms with Gasteiger partial charge in [-0.3, -0.25) is 4.55 Å². The lowest BCUT2D eigenvalue weighted by Crippen LogP contribution is -2.04. The Morgan fingerprint density at radius 3 is 2.60 bits per heavy atom. The lowest BCUT2D eigenvalue weighted by molar-refractivity contribution is 0.468. The molecule has 0 bridgehead atoms. The van der Waals surface area contributed by atoms with Crippen molar-refractivity contribution >= 4 is 10.1 Å². The van der Waals surface area contributed by atoms with Gasteiger partial charge in [0.25, 0.3) is 10.1 Å². The highest BCUT2D eigenvalue weighted by atomic mass is 32.2. The molecule has 0 saturated carbocycles. The predicted octanol–water partition coefficient (Wildman–Crippen LogP) is 1.51. The number of hydrogen-bond acceptors (Lipinski definition) is 3. The lowest BCUT2D eigenvalue weighted by atomic mass is 10.0. The zero-order valence-electron chi connectivity index (χ0n) is 8.05. The van der Waals surface area contributed by atoms with Crippen LogP contribution < -0.4 is 0 Å². The minimum absolute atomic E-state index is 0.0102. The summed E-state index contributed by atoms with van der Waals surface area (Å²) in [7, 11) is -4.08. The molecule has 0 atom stereocenters. The monoisotopic (exact) mass is 228 g/mol. The third kappa shape index (κ3) is 3.38. The van der Waals surface area contributed by atoms with Crippen LogP contribution in [0.5, 0.6) is 5.75 Å². The molecular weight excluding hydrogens is 216 g/mol. The first-order chi connectivity index (χ1) is 6.94. The smallest absolute Gasteiger partial charge is 0.269 e. The molecule has 1 aromatic rings. The van der Waals surface area contributed by atoms with Gasteiger partial charge in [0.1, 0.15) is 11.5 Å². The van der Waals surface area contributed by atoms with Gasteiger partial charge in [-0.1, -0.05) is 18.2 Å². The number of phenols is 1. The number of hydrogen-bond donors (Lipinski definition) is 2. The molecule has 0 fully saturated rings. The Morgan fingerprint density at radius 2 is 2.07 bits per heavy atom. The number of phenolic OH excluding ortho intramolecular Hbond substituents is 1. The lowest BCUT2D eigenvalue weighted by Gasteiger charge is -2.07. The topological polar surface area (TPSA) is 74.6 Å². The zero-order chi connectivity index (χ0) is 11.5. The van der Waals surface area contributed by atoms with Gasteiger partial charge in [-0.15, -0.1) is 6.58 Å². The minimum Gasteiger partial charge on any atom is -0.508 e. The first-order valence-corrected chi connectivity index (χ1v) is 5.90. The second-order valence-corrected chi connectivity index (χ2v) is 4.59. The van der Waals surface area contributed by atoms with Gasteiger partial charge >= 0.3 is 0 Å². The van der Waals surface area contributed by atoms with E-state index in [2.05, 4.69) is 6.58 Å². The number of aromatic hydroxyl groups is 1. The van der Waals surface area contributed by atoms with Crippen LogP contribution in [0.4, 0.5) is 0 Å². The summed E-state index contributed by atoms with van der Waals surface area (Å²) in [5, 5.41) is 9.50. The Labute approximate surface area is 88.6 Å². The van der Waals surface area contributed by atoms with Crippen molar-refractivity contribution in [2.75, 3.05) is 0 Å². The van der Waals surface area contributed by atoms with Crippen molar-refractivity contribution in [2.45, 2.75) is 12.2 Å². The Bertz CT molecular complexity index is 462. The molecule has 0 aliphatic rings. The van der Waals surface area contributed by atoms with E-state index in [9.17, 15) is 13.5 Å². The van der Waals surface area contributed by atoms with E-state index in [4.69, 9.17) is 4.55 Å². The van der Waals surface area contributed by atoms with E-state index >= 15 is 0 Å². The van der Waals surface area contributed by atoms with Crippen LogP contribution >= 0.6 is 0 Å². The molecule has 0 aliphatic heterocycles. The maximum Gasteiger partial charge on any atom is 0.269 e. The highest BCUT2D eigenvalue weighted by Gasteiger charge is 2.12. The quantitative estimate of drug-likeness (QED) is 0.605. The molecule has 5 heteroatoms. The van der Waals surface area contributed by atoms with Crippen LogP contribution in [0.25, 0.3) is 0 Å². The fourth-order valence-corrected chi connectivity index (χ4v) is 2.00. The van der Waals surface area contributed by atoms with Crippen LogP contribution in [0.1, 0.15) is 11.1 Å². The van der Waals surface area contributed by atoms with Crippen molar-refractivity contribution in [3.8, 4) is 5.75 Å². The van der Waals surface area contributed by atoms with Crippen molar-refractivity contribution in [2.24, 2.45) is 0 Å². The third-order valence-electron chi connectivity index (χ3n) is 1.93. The van der Waals surface area contributed by atoms with Crippen LogP contribution in [-0.2, 0) is 22.3 Å². The molecule has 1 rings (SSSR count). The van der Waals surface area contributed by atoms with Crippen molar-refractivity contribution in [3.63, 3.8) is 0 Å². The Kier molecular flexibility index (Phi) is 3.49. The minimum atomic E-state index is -4.08. The van der Waals surface area contributed by atoms with Gasteiger partial charge in [0.15, 0.2) is 0 Å². The highest BCUT2D eigenvalue weighted by molar-refractivity contribution is 7.85. The second kappa shape index (κ2) is 4.46. The number of allylic oxidation sites excluding steroid dienone is 1. The van der Waals surface area contributed by atoms with Crippen molar-refractivity contribution in [1.29, 1.82) is 0 Å². The molecule has 0 radical (unpaired) electrons. The molecule has 1 aromatic carbocycles. The van der Waals surface area contributed by atoms with Gasteiger partial charge in [0.05, 0.1) is 0 Å². The van der Waals surface area contributed by atoms with Crippen LogP contribution in [0, 0.1) is 0 Å². The van der Waals surface area contributed by atoms with E-state index in [-0.39, 0.29) is 5.75 Å². The van der Waals surface area contributed by atoms with Crippen molar-refractivity contribution in [3.05, 3.63) is 42.0 Å². The van der Waals surface area contributed by atoms with Gasteiger partial charge < -0.3 is 5.11 Å². The Morgan fingerprint density at radius 1 is 1.40 bits per heavy atom. The van der Waals surface area contributed by atoms with E-state index in [1.807, 2.05) is 0 Å². The Hall–Kier alpha value is -1.33. The maximum atomic E-state index is 10.7. The molecule has 15 heavy (non-hydrogen) atoms. The molecule has 0 heterocycles. The maximum absolute atomic E-state index is 10.7. The number of benzene rings is 1. The predicted molar refractivity (Wildman–Crippen MR) is 57.3 cm³/mol. The summed E-state index contributed by atoms with van der Waals surface area (Å²) < 4.78 is 30.2. The standard InChI is InChI=1S/C10H12O4S/c1-2-4-9-8(7-15(12,13)14)5-3-6-10(9)11/h2-3,5-6,11H,1,4,7H2,(H,12,13,14). The van der Waals surface area contributed by atoms with E-state index < -0.39 is 15.9 Å². The summed E-state index contributed by atoms with van der Waals surface area (Å²) in [6.07, 6.45) is 1.92. The number of rotatable bonds is 4. The van der Waals surface area contributed by atoms with E-state index in [0.717, 1.165) is 0 Å². The first-order valence-electron chi connectivity index (χ1n) is 4.30. The van der Waals surface area contributed by atoms with Gasteiger partial charge in [-0.25, -0.2) is 0 Å². The summed E-state index contributed by atoms with van der Waals surface area (Å²) in [5.41, 5.74) is 0.863. The molecule has 0 amide bonds. The van der Waals surface area contributed by atoms with Crippen LogP contribution in [0.15, 0.2) is 30.9 Å². The van der Waals surface area contributed by atoms with E-state index in [1.54, 1.807) is 12.1 Å². The summed E-state index contributed by atoms with van der Waals surface area (Å²) in [4.78, 5) is 0. The first kappa shape index (κ1) is 11.7. The zero-order valence-corrected chi connectivity index (χ0v) is 8.87. The summed E-state index contributed by atoms with van der Waals surface area (Å²) in [5.74, 6) is -0.485. The summed E-state index contributed by atoms with van der Waals surface area (Å²) >= 11 is 0. The molecule has 0 saturated heterocycles. The van der Waals surface area contributed by atoms with Crippen LogP contribution in [0.2, 0.25) is 0 Å². The van der Waals surface area contributed by atoms with Gasteiger partial charge in [0.2, 0.25) is 0 Å². The van der Waals surface area contributed by atoms with Gasteiger partial charge in [0, 0.05) is 5.56 Å². The highest BCUT2D eigenvalue weighted by Crippen LogP contribution is 2.23. The van der Waals surface area contributed by atoms with E-state index in [1.165, 1.54) is 12.1 Å². The fourth-order valence-electron chi connectivity index (χ4n) is 1.33. The largest absolute Gasteiger partial charge is 0.508 e. The molecular formula is C10H12O4S. The molecule has 0 unspecified atom stereocenters. The molecule has 4 nitrogen and oxygen atoms in total. The summed E-state index contributed by atoms with van der Waals surface area (Å²) in [6, 6.07) is 4.54. The SMILES string of the molecule is C=CCc1c(O)cccc1CS(=O)(=O)O. The normalized spacial score (nSPS) is 11.3. The molecule has 2 N–H and O–H groups in total. The van der Waals surface area contributed by atoms with Crippen LogP contribution in [0.3, 0.4) is 0 Å². The van der Waals surface area contributed by atoms with Crippen molar-refractivity contribution in [1.82, 2.24) is 0 Å². The molecule has 0 spiro atoms. The molecule has 0 aromatic heterocycles. The van der Waals surface area contributed by atoms with Gasteiger partial charge in [-0.2, -0.15) is 8.42 Å². The van der Waals surface area contributed by atoms with Gasteiger partial charge in [-0.05, 0) is 18.1 Å². The fraction of sp³-hybridized carbons (Fsp3) is 0.200. The van der Waals surface area contributed by atoms with Crippen molar-refractivity contribution < 1.29 is 18.1 Å². The second-order valence-electron chi connectivity index (χ2n) is 3.13. The average Bonchev–Trinajstić information content (AvgIpc) is 2.08. The molecule has 0 aliphatic carbocycles. The van der Waals surface area contributed by atoms with E-state index in [0.29, 0.717) is 17.5 Å². The third-order valence-corrected chi connectivity index (χ3v) is 2.61. The average molecular weight is 228 g/mol. The molecule has 82 valence electrons.